The van der Waals surface area contributed by atoms with Gasteiger partial charge in [0.1, 0.15) is 17.2 Å². The Hall–Kier alpha value is -1.82. The molecule has 0 unspecified atom stereocenters. The van der Waals surface area contributed by atoms with Crippen LogP contribution in [0.15, 0.2) is 12.1 Å². The van der Waals surface area contributed by atoms with Gasteiger partial charge in [-0.25, -0.2) is 0 Å². The van der Waals surface area contributed by atoms with Crippen LogP contribution in [0, 0.1) is 12.3 Å². The SMILES string of the molecule is C#CCCc1c(O)cc(O)cc1O. The molecule has 0 aliphatic carbocycles. The second-order valence-electron chi connectivity index (χ2n) is 2.67. The molecule has 1 rings (SSSR count). The van der Waals surface area contributed by atoms with E-state index in [4.69, 9.17) is 11.5 Å². The minimum absolute atomic E-state index is 0.132. The Morgan fingerprint density at radius 2 is 1.69 bits per heavy atom. The Morgan fingerprint density at radius 3 is 2.15 bits per heavy atom. The maximum Gasteiger partial charge on any atom is 0.126 e. The van der Waals surface area contributed by atoms with Crippen molar-refractivity contribution in [2.45, 2.75) is 12.8 Å². The normalized spacial score (nSPS) is 9.46. The molecule has 0 aromatic heterocycles. The number of hydrogen-bond acceptors (Lipinski definition) is 3. The van der Waals surface area contributed by atoms with Crippen LogP contribution >= 0.6 is 0 Å². The van der Waals surface area contributed by atoms with Crippen molar-refractivity contribution in [2.24, 2.45) is 0 Å². The van der Waals surface area contributed by atoms with Crippen LogP contribution in [0.5, 0.6) is 17.2 Å². The minimum atomic E-state index is -0.167. The summed E-state index contributed by atoms with van der Waals surface area (Å²) in [4.78, 5) is 0. The lowest BCUT2D eigenvalue weighted by molar-refractivity contribution is 0.419. The van der Waals surface area contributed by atoms with Gasteiger partial charge < -0.3 is 15.3 Å². The van der Waals surface area contributed by atoms with Crippen LogP contribution in [0.3, 0.4) is 0 Å². The van der Waals surface area contributed by atoms with Crippen molar-refractivity contribution in [3.63, 3.8) is 0 Å². The fourth-order valence-corrected chi connectivity index (χ4v) is 1.08. The van der Waals surface area contributed by atoms with Crippen LogP contribution in [0.1, 0.15) is 12.0 Å². The average molecular weight is 178 g/mol. The molecule has 13 heavy (non-hydrogen) atoms. The lowest BCUT2D eigenvalue weighted by Gasteiger charge is -2.05. The maximum absolute atomic E-state index is 9.31. The molecule has 0 aliphatic rings. The summed E-state index contributed by atoms with van der Waals surface area (Å²) in [6, 6.07) is 2.34. The predicted molar refractivity (Wildman–Crippen MR) is 48.6 cm³/mol. The molecular weight excluding hydrogens is 168 g/mol. The van der Waals surface area contributed by atoms with Crippen molar-refractivity contribution >= 4 is 0 Å². The third-order valence-corrected chi connectivity index (χ3v) is 1.71. The van der Waals surface area contributed by atoms with Crippen LogP contribution in [0.25, 0.3) is 0 Å². The molecule has 0 spiro atoms. The largest absolute Gasteiger partial charge is 0.508 e. The van der Waals surface area contributed by atoms with Crippen molar-refractivity contribution in [1.82, 2.24) is 0 Å². The number of phenols is 3. The van der Waals surface area contributed by atoms with E-state index >= 15 is 0 Å². The van der Waals surface area contributed by atoms with Crippen LogP contribution in [0.2, 0.25) is 0 Å². The summed E-state index contributed by atoms with van der Waals surface area (Å²) in [6.07, 6.45) is 5.88. The highest BCUT2D eigenvalue weighted by molar-refractivity contribution is 5.48. The van der Waals surface area contributed by atoms with E-state index < -0.39 is 0 Å². The molecule has 3 heteroatoms. The molecule has 1 aromatic carbocycles. The summed E-state index contributed by atoms with van der Waals surface area (Å²) in [5, 5.41) is 27.6. The van der Waals surface area contributed by atoms with Gasteiger partial charge in [-0.1, -0.05) is 0 Å². The van der Waals surface area contributed by atoms with Gasteiger partial charge in [0.2, 0.25) is 0 Å². The molecule has 0 saturated carbocycles. The number of rotatable bonds is 2. The van der Waals surface area contributed by atoms with Crippen molar-refractivity contribution in [3.05, 3.63) is 17.7 Å². The van der Waals surface area contributed by atoms with E-state index in [1.54, 1.807) is 0 Å². The number of aromatic hydroxyl groups is 3. The summed E-state index contributed by atoms with van der Waals surface area (Å²) >= 11 is 0. The molecular formula is C10H10O3. The fraction of sp³-hybridized carbons (Fsp3) is 0.200. The molecule has 0 heterocycles. The molecule has 3 nitrogen and oxygen atoms in total. The van der Waals surface area contributed by atoms with Crippen molar-refractivity contribution in [3.8, 4) is 29.6 Å². The highest BCUT2D eigenvalue weighted by Gasteiger charge is 2.08. The van der Waals surface area contributed by atoms with Crippen molar-refractivity contribution in [2.75, 3.05) is 0 Å². The Morgan fingerprint density at radius 1 is 1.15 bits per heavy atom. The molecule has 0 aliphatic heterocycles. The zero-order valence-electron chi connectivity index (χ0n) is 6.99. The summed E-state index contributed by atoms with van der Waals surface area (Å²) in [5.74, 6) is 1.97. The van der Waals surface area contributed by atoms with Crippen molar-refractivity contribution in [1.29, 1.82) is 0 Å². The maximum atomic E-state index is 9.31. The summed E-state index contributed by atoms with van der Waals surface area (Å²) in [7, 11) is 0. The topological polar surface area (TPSA) is 60.7 Å². The Bertz CT molecular complexity index is 327. The van der Waals surface area contributed by atoms with E-state index in [-0.39, 0.29) is 17.2 Å². The Labute approximate surface area is 76.3 Å². The van der Waals surface area contributed by atoms with Gasteiger partial charge in [0.25, 0.3) is 0 Å². The molecule has 1 aromatic rings. The zero-order valence-corrected chi connectivity index (χ0v) is 6.99. The quantitative estimate of drug-likeness (QED) is 0.599. The van der Waals surface area contributed by atoms with E-state index in [0.29, 0.717) is 18.4 Å². The number of hydrogen-bond donors (Lipinski definition) is 3. The van der Waals surface area contributed by atoms with Gasteiger partial charge in [-0.05, 0) is 6.42 Å². The van der Waals surface area contributed by atoms with Gasteiger partial charge in [0, 0.05) is 24.1 Å². The Balaban J connectivity index is 3.00. The number of terminal acetylenes is 1. The van der Waals surface area contributed by atoms with Gasteiger partial charge in [0.05, 0.1) is 0 Å². The summed E-state index contributed by atoms with van der Waals surface area (Å²) < 4.78 is 0. The monoisotopic (exact) mass is 178 g/mol. The summed E-state index contributed by atoms with van der Waals surface area (Å²) in [5.41, 5.74) is 0.371. The van der Waals surface area contributed by atoms with E-state index in [0.717, 1.165) is 0 Å². The molecule has 3 N–H and O–H groups in total. The van der Waals surface area contributed by atoms with Gasteiger partial charge >= 0.3 is 0 Å². The lowest BCUT2D eigenvalue weighted by Crippen LogP contribution is -1.86. The van der Waals surface area contributed by atoms with E-state index in [9.17, 15) is 10.2 Å². The number of phenolic OH excluding ortho intramolecular Hbond substituents is 3. The van der Waals surface area contributed by atoms with E-state index in [1.165, 1.54) is 12.1 Å². The highest BCUT2D eigenvalue weighted by Crippen LogP contribution is 2.32. The zero-order chi connectivity index (χ0) is 9.84. The smallest absolute Gasteiger partial charge is 0.126 e. The standard InChI is InChI=1S/C10H10O3/c1-2-3-4-8-9(12)5-7(11)6-10(8)13/h1,5-6,11-13H,3-4H2. The van der Waals surface area contributed by atoms with Crippen molar-refractivity contribution < 1.29 is 15.3 Å². The fourth-order valence-electron chi connectivity index (χ4n) is 1.08. The first-order chi connectivity index (χ1) is 6.15. The van der Waals surface area contributed by atoms with E-state index in [1.807, 2.05) is 0 Å². The van der Waals surface area contributed by atoms with Crippen LogP contribution in [0.4, 0.5) is 0 Å². The van der Waals surface area contributed by atoms with Crippen LogP contribution in [-0.2, 0) is 6.42 Å². The van der Waals surface area contributed by atoms with E-state index in [2.05, 4.69) is 5.92 Å². The van der Waals surface area contributed by atoms with Gasteiger partial charge in [0.15, 0.2) is 0 Å². The van der Waals surface area contributed by atoms with Gasteiger partial charge in [-0.3, -0.25) is 0 Å². The number of benzene rings is 1. The molecule has 0 amide bonds. The highest BCUT2D eigenvalue weighted by atomic mass is 16.3. The molecule has 68 valence electrons. The molecule has 0 radical (unpaired) electrons. The van der Waals surface area contributed by atoms with Crippen LogP contribution < -0.4 is 0 Å². The summed E-state index contributed by atoms with van der Waals surface area (Å²) in [6.45, 7) is 0. The molecule has 0 bridgehead atoms. The third-order valence-electron chi connectivity index (χ3n) is 1.71. The first kappa shape index (κ1) is 9.27. The average Bonchev–Trinajstić information content (AvgIpc) is 2.02. The lowest BCUT2D eigenvalue weighted by atomic mass is 10.1. The van der Waals surface area contributed by atoms with Gasteiger partial charge in [-0.2, -0.15) is 0 Å². The van der Waals surface area contributed by atoms with Gasteiger partial charge in [-0.15, -0.1) is 12.3 Å². The first-order valence-corrected chi connectivity index (χ1v) is 3.82. The second-order valence-corrected chi connectivity index (χ2v) is 2.67. The molecule has 0 saturated heterocycles. The second kappa shape index (κ2) is 3.72. The minimum Gasteiger partial charge on any atom is -0.508 e. The Kier molecular flexibility index (Phi) is 2.65. The predicted octanol–water partition coefficient (Wildman–Crippen LogP) is 1.37. The molecule has 0 fully saturated rings. The first-order valence-electron chi connectivity index (χ1n) is 3.82. The third kappa shape index (κ3) is 2.06. The molecule has 0 atom stereocenters. The van der Waals surface area contributed by atoms with Crippen LogP contribution in [-0.4, -0.2) is 15.3 Å².